The van der Waals surface area contributed by atoms with Gasteiger partial charge in [0.05, 0.1) is 6.10 Å². The molecule has 24 heavy (non-hydrogen) atoms. The van der Waals surface area contributed by atoms with Crippen LogP contribution in [0.5, 0.6) is 0 Å². The molecule has 5 nitrogen and oxygen atoms in total. The summed E-state index contributed by atoms with van der Waals surface area (Å²) in [6, 6.07) is 9.07. The molecule has 0 aromatic heterocycles. The molecule has 2 aliphatic heterocycles. The Bertz CT molecular complexity index is 555. The fourth-order valence-corrected chi connectivity index (χ4v) is 3.53. The van der Waals surface area contributed by atoms with Crippen molar-refractivity contribution < 1.29 is 14.3 Å². The molecule has 0 bridgehead atoms. The lowest BCUT2D eigenvalue weighted by molar-refractivity contribution is -0.142. The second kappa shape index (κ2) is 8.29. The minimum absolute atomic E-state index is 0.0735. The molecular weight excluding hydrogens is 304 g/mol. The average Bonchev–Trinajstić information content (AvgIpc) is 3.11. The number of nitrogens with zero attached hydrogens (tertiary/aromatic N) is 1. The summed E-state index contributed by atoms with van der Waals surface area (Å²) in [7, 11) is 0. The zero-order chi connectivity index (χ0) is 16.8. The van der Waals surface area contributed by atoms with E-state index in [0.717, 1.165) is 44.3 Å². The van der Waals surface area contributed by atoms with E-state index in [4.69, 9.17) is 4.74 Å². The third-order valence-electron chi connectivity index (χ3n) is 4.82. The Labute approximate surface area is 143 Å². The Morgan fingerprint density at radius 1 is 1.25 bits per heavy atom. The lowest BCUT2D eigenvalue weighted by atomic mass is 10.0. The number of likely N-dealkylation sites (tertiary alicyclic amines) is 1. The maximum atomic E-state index is 12.8. The average molecular weight is 330 g/mol. The third-order valence-corrected chi connectivity index (χ3v) is 4.82. The van der Waals surface area contributed by atoms with E-state index in [9.17, 15) is 9.59 Å². The van der Waals surface area contributed by atoms with Crippen LogP contribution in [0, 0.1) is 0 Å². The lowest BCUT2D eigenvalue weighted by Crippen LogP contribution is -2.46. The molecule has 1 N–H and O–H groups in total. The first-order chi connectivity index (χ1) is 11.8. The van der Waals surface area contributed by atoms with E-state index >= 15 is 0 Å². The number of piperidine rings is 1. The summed E-state index contributed by atoms with van der Waals surface area (Å²) in [5.41, 5.74) is 0.877. The van der Waals surface area contributed by atoms with Crippen molar-refractivity contribution in [2.75, 3.05) is 19.7 Å². The topological polar surface area (TPSA) is 58.6 Å². The zero-order valence-corrected chi connectivity index (χ0v) is 14.1. The van der Waals surface area contributed by atoms with Crippen molar-refractivity contribution in [3.8, 4) is 0 Å². The summed E-state index contributed by atoms with van der Waals surface area (Å²) in [5.74, 6) is -0.0150. The molecule has 2 unspecified atom stereocenters. The van der Waals surface area contributed by atoms with Crippen LogP contribution in [0.25, 0.3) is 0 Å². The molecule has 2 atom stereocenters. The number of ether oxygens (including phenoxy) is 1. The molecular formula is C19H26N2O3. The summed E-state index contributed by atoms with van der Waals surface area (Å²) >= 11 is 0. The number of amides is 2. The largest absolute Gasteiger partial charge is 0.378 e. The van der Waals surface area contributed by atoms with Gasteiger partial charge in [-0.15, -0.1) is 0 Å². The highest BCUT2D eigenvalue weighted by Crippen LogP contribution is 2.26. The first-order valence-electron chi connectivity index (χ1n) is 8.99. The van der Waals surface area contributed by atoms with E-state index in [1.54, 1.807) is 4.90 Å². The second-order valence-electron chi connectivity index (χ2n) is 6.57. The Balaban J connectivity index is 1.66. The van der Waals surface area contributed by atoms with Gasteiger partial charge in [-0.1, -0.05) is 30.3 Å². The highest BCUT2D eigenvalue weighted by molar-refractivity contribution is 5.89. The van der Waals surface area contributed by atoms with Gasteiger partial charge in [-0.3, -0.25) is 9.59 Å². The van der Waals surface area contributed by atoms with Crippen LogP contribution in [0.1, 0.15) is 50.1 Å². The first-order valence-corrected chi connectivity index (χ1v) is 8.99. The molecule has 5 heteroatoms. The van der Waals surface area contributed by atoms with Gasteiger partial charge in [-0.25, -0.2) is 0 Å². The predicted octanol–water partition coefficient (Wildman–Crippen LogP) is 2.43. The maximum Gasteiger partial charge on any atom is 0.247 e. The fourth-order valence-electron chi connectivity index (χ4n) is 3.53. The van der Waals surface area contributed by atoms with Crippen molar-refractivity contribution >= 4 is 11.8 Å². The number of carbonyl (C=O) groups excluding carboxylic acids is 2. The van der Waals surface area contributed by atoms with Crippen molar-refractivity contribution in [3.63, 3.8) is 0 Å². The quantitative estimate of drug-likeness (QED) is 0.871. The summed E-state index contributed by atoms with van der Waals surface area (Å²) in [5, 5.41) is 3.01. The van der Waals surface area contributed by atoms with Crippen molar-refractivity contribution in [2.45, 2.75) is 50.7 Å². The number of nitrogens with one attached hydrogen (secondary N) is 1. The van der Waals surface area contributed by atoms with Gasteiger partial charge in [0.15, 0.2) is 0 Å². The molecule has 2 amide bonds. The number of rotatable bonds is 6. The van der Waals surface area contributed by atoms with Crippen molar-refractivity contribution in [1.29, 1.82) is 0 Å². The molecule has 1 aromatic carbocycles. The van der Waals surface area contributed by atoms with E-state index in [-0.39, 0.29) is 17.9 Å². The molecule has 0 radical (unpaired) electrons. The van der Waals surface area contributed by atoms with Crippen LogP contribution < -0.4 is 5.32 Å². The third kappa shape index (κ3) is 4.15. The minimum atomic E-state index is -0.525. The van der Waals surface area contributed by atoms with Gasteiger partial charge in [-0.05, 0) is 37.7 Å². The molecule has 0 aliphatic carbocycles. The Kier molecular flexibility index (Phi) is 5.86. The van der Waals surface area contributed by atoms with E-state index in [0.29, 0.717) is 19.5 Å². The number of carbonyl (C=O) groups is 2. The van der Waals surface area contributed by atoms with E-state index in [2.05, 4.69) is 5.32 Å². The van der Waals surface area contributed by atoms with Crippen LogP contribution in [0.3, 0.4) is 0 Å². The van der Waals surface area contributed by atoms with Crippen LogP contribution >= 0.6 is 0 Å². The maximum absolute atomic E-state index is 12.8. The molecule has 3 rings (SSSR count). The smallest absolute Gasteiger partial charge is 0.247 e. The van der Waals surface area contributed by atoms with Gasteiger partial charge in [0.1, 0.15) is 6.04 Å². The molecule has 2 saturated heterocycles. The van der Waals surface area contributed by atoms with Gasteiger partial charge in [-0.2, -0.15) is 0 Å². The highest BCUT2D eigenvalue weighted by Gasteiger charge is 2.32. The van der Waals surface area contributed by atoms with Crippen molar-refractivity contribution in [3.05, 3.63) is 35.9 Å². The molecule has 2 fully saturated rings. The van der Waals surface area contributed by atoms with Crippen molar-refractivity contribution in [2.24, 2.45) is 0 Å². The highest BCUT2D eigenvalue weighted by atomic mass is 16.5. The summed E-state index contributed by atoms with van der Waals surface area (Å²) in [6.07, 6.45) is 5.68. The normalized spacial score (nSPS) is 22.4. The van der Waals surface area contributed by atoms with Gasteiger partial charge in [0.25, 0.3) is 0 Å². The first kappa shape index (κ1) is 17.0. The molecule has 2 heterocycles. The SMILES string of the molecule is O=C(NCCC1CCCO1)C(c1ccccc1)N1CCCCC1=O. The molecule has 2 aliphatic rings. The Hall–Kier alpha value is -1.88. The van der Waals surface area contributed by atoms with Crippen LogP contribution in [0.15, 0.2) is 30.3 Å². The Morgan fingerprint density at radius 3 is 2.79 bits per heavy atom. The number of benzene rings is 1. The number of hydrogen-bond donors (Lipinski definition) is 1. The van der Waals surface area contributed by atoms with Crippen LogP contribution in [-0.2, 0) is 14.3 Å². The monoisotopic (exact) mass is 330 g/mol. The summed E-state index contributed by atoms with van der Waals surface area (Å²) < 4.78 is 5.60. The standard InChI is InChI=1S/C19H26N2O3/c22-17-10-4-5-13-21(17)18(15-7-2-1-3-8-15)19(23)20-12-11-16-9-6-14-24-16/h1-3,7-8,16,18H,4-6,9-14H2,(H,20,23). The van der Waals surface area contributed by atoms with E-state index in [1.807, 2.05) is 30.3 Å². The molecule has 0 spiro atoms. The van der Waals surface area contributed by atoms with Crippen LogP contribution in [0.4, 0.5) is 0 Å². The fraction of sp³-hybridized carbons (Fsp3) is 0.579. The van der Waals surface area contributed by atoms with Crippen molar-refractivity contribution in [1.82, 2.24) is 10.2 Å². The van der Waals surface area contributed by atoms with Gasteiger partial charge in [0.2, 0.25) is 11.8 Å². The van der Waals surface area contributed by atoms with Crippen LogP contribution in [0.2, 0.25) is 0 Å². The number of hydrogen-bond acceptors (Lipinski definition) is 3. The van der Waals surface area contributed by atoms with Gasteiger partial charge in [0, 0.05) is 26.1 Å². The minimum Gasteiger partial charge on any atom is -0.378 e. The lowest BCUT2D eigenvalue weighted by Gasteiger charge is -2.34. The second-order valence-corrected chi connectivity index (χ2v) is 6.57. The predicted molar refractivity (Wildman–Crippen MR) is 91.3 cm³/mol. The Morgan fingerprint density at radius 2 is 2.08 bits per heavy atom. The van der Waals surface area contributed by atoms with Crippen LogP contribution in [-0.4, -0.2) is 42.5 Å². The molecule has 0 saturated carbocycles. The van der Waals surface area contributed by atoms with E-state index < -0.39 is 6.04 Å². The summed E-state index contributed by atoms with van der Waals surface area (Å²) in [6.45, 7) is 2.07. The zero-order valence-electron chi connectivity index (χ0n) is 14.1. The van der Waals surface area contributed by atoms with Gasteiger partial charge < -0.3 is 15.0 Å². The molecule has 1 aromatic rings. The van der Waals surface area contributed by atoms with E-state index in [1.165, 1.54) is 0 Å². The summed E-state index contributed by atoms with van der Waals surface area (Å²) in [4.78, 5) is 26.9. The molecule has 130 valence electrons. The van der Waals surface area contributed by atoms with Gasteiger partial charge >= 0.3 is 0 Å².